The van der Waals surface area contributed by atoms with Crippen molar-refractivity contribution in [3.8, 4) is 0 Å². The van der Waals surface area contributed by atoms with Crippen molar-refractivity contribution in [1.29, 1.82) is 0 Å². The lowest BCUT2D eigenvalue weighted by Gasteiger charge is -2.14. The maximum absolute atomic E-state index is 12.2. The van der Waals surface area contributed by atoms with Gasteiger partial charge in [-0.3, -0.25) is 9.48 Å². The molecule has 1 saturated heterocycles. The Morgan fingerprint density at radius 1 is 1.47 bits per heavy atom. The Labute approximate surface area is 93.6 Å². The number of amides is 1. The lowest BCUT2D eigenvalue weighted by molar-refractivity contribution is 0.0801. The molecule has 0 saturated carbocycles. The summed E-state index contributed by atoms with van der Waals surface area (Å²) in [5, 5.41) is 4.27. The monoisotopic (exact) mass is 225 g/mol. The summed E-state index contributed by atoms with van der Waals surface area (Å²) in [5.74, 6) is 1.99. The van der Waals surface area contributed by atoms with Crippen LogP contribution in [0.15, 0.2) is 0 Å². The summed E-state index contributed by atoms with van der Waals surface area (Å²) in [6.07, 6.45) is 0. The minimum atomic E-state index is 0.128. The van der Waals surface area contributed by atoms with Crippen LogP contribution in [0.2, 0.25) is 0 Å². The quantitative estimate of drug-likeness (QED) is 0.720. The van der Waals surface area contributed by atoms with Crippen molar-refractivity contribution in [2.45, 2.75) is 13.8 Å². The maximum Gasteiger partial charge on any atom is 0.258 e. The van der Waals surface area contributed by atoms with Crippen LogP contribution in [0.4, 0.5) is 0 Å². The van der Waals surface area contributed by atoms with Gasteiger partial charge in [-0.15, -0.1) is 11.8 Å². The van der Waals surface area contributed by atoms with Crippen molar-refractivity contribution in [2.24, 2.45) is 7.05 Å². The second-order valence-electron chi connectivity index (χ2n) is 3.78. The van der Waals surface area contributed by atoms with Crippen molar-refractivity contribution >= 4 is 17.7 Å². The largest absolute Gasteiger partial charge is 0.328 e. The van der Waals surface area contributed by atoms with E-state index < -0.39 is 0 Å². The van der Waals surface area contributed by atoms with E-state index in [1.807, 2.05) is 25.8 Å². The summed E-state index contributed by atoms with van der Waals surface area (Å²) in [5.41, 5.74) is 2.56. The first-order valence-electron chi connectivity index (χ1n) is 4.98. The molecule has 0 spiro atoms. The van der Waals surface area contributed by atoms with Crippen LogP contribution in [0, 0.1) is 13.8 Å². The second-order valence-corrected chi connectivity index (χ2v) is 4.85. The summed E-state index contributed by atoms with van der Waals surface area (Å²) in [6.45, 7) is 4.69. The van der Waals surface area contributed by atoms with Gasteiger partial charge in [0.15, 0.2) is 0 Å². The Hall–Kier alpha value is -0.970. The van der Waals surface area contributed by atoms with Crippen LogP contribution in [-0.2, 0) is 7.05 Å². The first-order chi connectivity index (χ1) is 7.11. The molecule has 82 valence electrons. The first-order valence-corrected chi connectivity index (χ1v) is 6.14. The Morgan fingerprint density at radius 2 is 2.20 bits per heavy atom. The minimum Gasteiger partial charge on any atom is -0.328 e. The van der Waals surface area contributed by atoms with Gasteiger partial charge < -0.3 is 4.90 Å². The van der Waals surface area contributed by atoms with Gasteiger partial charge in [-0.1, -0.05) is 0 Å². The molecule has 2 heterocycles. The number of carbonyl (C=O) groups excluding carboxylic acids is 1. The van der Waals surface area contributed by atoms with Crippen molar-refractivity contribution in [1.82, 2.24) is 14.7 Å². The molecular weight excluding hydrogens is 210 g/mol. The molecule has 1 amide bonds. The molecular formula is C10H15N3OS. The second kappa shape index (κ2) is 3.89. The number of rotatable bonds is 1. The standard InChI is InChI=1S/C10H15N3OS/c1-7-9(8(2)12(3)11-7)10(14)13-4-5-15-6-13/h4-6H2,1-3H3. The van der Waals surface area contributed by atoms with Gasteiger partial charge in [0, 0.05) is 25.0 Å². The number of aryl methyl sites for hydroxylation is 2. The van der Waals surface area contributed by atoms with Gasteiger partial charge in [0.2, 0.25) is 0 Å². The highest BCUT2D eigenvalue weighted by atomic mass is 32.2. The number of hydrogen-bond donors (Lipinski definition) is 0. The van der Waals surface area contributed by atoms with Crippen molar-refractivity contribution in [2.75, 3.05) is 18.2 Å². The van der Waals surface area contributed by atoms with E-state index in [1.165, 1.54) is 0 Å². The number of hydrogen-bond acceptors (Lipinski definition) is 3. The van der Waals surface area contributed by atoms with Crippen LogP contribution >= 0.6 is 11.8 Å². The first kappa shape index (κ1) is 10.5. The fourth-order valence-electron chi connectivity index (χ4n) is 1.82. The average Bonchev–Trinajstić information content (AvgIpc) is 2.76. The molecule has 1 aromatic rings. The molecule has 15 heavy (non-hydrogen) atoms. The van der Waals surface area contributed by atoms with Crippen molar-refractivity contribution < 1.29 is 4.79 Å². The fourth-order valence-corrected chi connectivity index (χ4v) is 2.76. The highest BCUT2D eigenvalue weighted by Gasteiger charge is 2.25. The molecule has 0 aromatic carbocycles. The highest BCUT2D eigenvalue weighted by Crippen LogP contribution is 2.20. The maximum atomic E-state index is 12.2. The van der Waals surface area contributed by atoms with E-state index in [1.54, 1.807) is 16.4 Å². The number of carbonyl (C=O) groups is 1. The molecule has 2 rings (SSSR count). The zero-order chi connectivity index (χ0) is 11.0. The van der Waals surface area contributed by atoms with E-state index in [2.05, 4.69) is 5.10 Å². The third kappa shape index (κ3) is 1.76. The zero-order valence-corrected chi connectivity index (χ0v) is 10.1. The summed E-state index contributed by atoms with van der Waals surface area (Å²) in [7, 11) is 1.87. The van der Waals surface area contributed by atoms with Crippen molar-refractivity contribution in [3.05, 3.63) is 17.0 Å². The number of nitrogens with zero attached hydrogens (tertiary/aromatic N) is 3. The van der Waals surface area contributed by atoms with Crippen LogP contribution in [0.1, 0.15) is 21.7 Å². The third-order valence-electron chi connectivity index (χ3n) is 2.76. The van der Waals surface area contributed by atoms with Crippen LogP contribution in [0.25, 0.3) is 0 Å². The van der Waals surface area contributed by atoms with Gasteiger partial charge in [0.25, 0.3) is 5.91 Å². The molecule has 0 atom stereocenters. The summed E-state index contributed by atoms with van der Waals surface area (Å²) < 4.78 is 1.77. The predicted octanol–water partition coefficient (Wildman–Crippen LogP) is 1.18. The van der Waals surface area contributed by atoms with Crippen LogP contribution in [0.5, 0.6) is 0 Å². The molecule has 0 radical (unpaired) electrons. The molecule has 4 nitrogen and oxygen atoms in total. The third-order valence-corrected chi connectivity index (χ3v) is 3.73. The van der Waals surface area contributed by atoms with Crippen molar-refractivity contribution in [3.63, 3.8) is 0 Å². The predicted molar refractivity (Wildman–Crippen MR) is 61.0 cm³/mol. The normalized spacial score (nSPS) is 16.1. The Balaban J connectivity index is 2.32. The Bertz CT molecular complexity index is 394. The highest BCUT2D eigenvalue weighted by molar-refractivity contribution is 7.99. The average molecular weight is 225 g/mol. The molecule has 5 heteroatoms. The Kier molecular flexibility index (Phi) is 2.73. The lowest BCUT2D eigenvalue weighted by Crippen LogP contribution is -2.28. The molecule has 0 N–H and O–H groups in total. The van der Waals surface area contributed by atoms with Gasteiger partial charge in [-0.05, 0) is 13.8 Å². The number of aromatic nitrogens is 2. The fraction of sp³-hybridized carbons (Fsp3) is 0.600. The summed E-state index contributed by atoms with van der Waals surface area (Å²) in [6, 6.07) is 0. The molecule has 0 aliphatic carbocycles. The van der Waals surface area contributed by atoms with Gasteiger partial charge in [-0.2, -0.15) is 5.10 Å². The van der Waals surface area contributed by atoms with E-state index in [4.69, 9.17) is 0 Å². The van der Waals surface area contributed by atoms with Crippen LogP contribution < -0.4 is 0 Å². The zero-order valence-electron chi connectivity index (χ0n) is 9.28. The minimum absolute atomic E-state index is 0.128. The van der Waals surface area contributed by atoms with E-state index in [0.29, 0.717) is 0 Å². The van der Waals surface area contributed by atoms with Crippen LogP contribution in [0.3, 0.4) is 0 Å². The van der Waals surface area contributed by atoms with Crippen LogP contribution in [-0.4, -0.2) is 38.8 Å². The van der Waals surface area contributed by atoms with Gasteiger partial charge in [-0.25, -0.2) is 0 Å². The molecule has 0 unspecified atom stereocenters. The van der Waals surface area contributed by atoms with Gasteiger partial charge in [0.1, 0.15) is 0 Å². The molecule has 0 bridgehead atoms. The topological polar surface area (TPSA) is 38.1 Å². The summed E-state index contributed by atoms with van der Waals surface area (Å²) in [4.78, 5) is 14.1. The van der Waals surface area contributed by atoms with Gasteiger partial charge >= 0.3 is 0 Å². The van der Waals surface area contributed by atoms with E-state index in [0.717, 1.165) is 35.1 Å². The molecule has 1 aromatic heterocycles. The Morgan fingerprint density at radius 3 is 2.67 bits per heavy atom. The lowest BCUT2D eigenvalue weighted by atomic mass is 10.2. The summed E-state index contributed by atoms with van der Waals surface area (Å²) >= 11 is 1.80. The SMILES string of the molecule is Cc1nn(C)c(C)c1C(=O)N1CCSC1. The van der Waals surface area contributed by atoms with E-state index in [-0.39, 0.29) is 5.91 Å². The van der Waals surface area contributed by atoms with E-state index in [9.17, 15) is 4.79 Å². The molecule has 1 fully saturated rings. The molecule has 1 aliphatic rings. The van der Waals surface area contributed by atoms with Gasteiger partial charge in [0.05, 0.1) is 17.1 Å². The van der Waals surface area contributed by atoms with E-state index >= 15 is 0 Å². The number of thioether (sulfide) groups is 1. The smallest absolute Gasteiger partial charge is 0.258 e. The molecule has 1 aliphatic heterocycles.